The summed E-state index contributed by atoms with van der Waals surface area (Å²) in [7, 11) is 0. The zero-order valence-corrected chi connectivity index (χ0v) is 10.7. The summed E-state index contributed by atoms with van der Waals surface area (Å²) in [6.45, 7) is 9.87. The molecular formula is C14H20O2. The third-order valence-electron chi connectivity index (χ3n) is 2.56. The first-order valence-corrected chi connectivity index (χ1v) is 5.74. The number of rotatable bonds is 3. The lowest BCUT2D eigenvalue weighted by atomic mass is 10.0. The first kappa shape index (κ1) is 12.8. The molecule has 2 nitrogen and oxygen atoms in total. The van der Waals surface area contributed by atoms with Crippen LogP contribution >= 0.6 is 0 Å². The monoisotopic (exact) mass is 220 g/mol. The van der Waals surface area contributed by atoms with E-state index >= 15 is 0 Å². The summed E-state index contributed by atoms with van der Waals surface area (Å²) in [4.78, 5) is 11.5. The van der Waals surface area contributed by atoms with Gasteiger partial charge in [-0.2, -0.15) is 0 Å². The fourth-order valence-electron chi connectivity index (χ4n) is 1.31. The molecule has 0 aliphatic rings. The first-order valence-electron chi connectivity index (χ1n) is 5.74. The molecule has 0 atom stereocenters. The second-order valence-electron chi connectivity index (χ2n) is 4.76. The largest absolute Gasteiger partial charge is 0.426 e. The zero-order valence-electron chi connectivity index (χ0n) is 10.7. The van der Waals surface area contributed by atoms with Crippen molar-refractivity contribution in [2.24, 2.45) is 5.92 Å². The Kier molecular flexibility index (Phi) is 4.11. The molecule has 0 saturated heterocycles. The van der Waals surface area contributed by atoms with E-state index in [2.05, 4.69) is 19.9 Å². The van der Waals surface area contributed by atoms with Crippen LogP contribution in [0.4, 0.5) is 0 Å². The number of hydrogen-bond acceptors (Lipinski definition) is 2. The molecule has 1 aromatic carbocycles. The molecule has 0 aromatic heterocycles. The van der Waals surface area contributed by atoms with Crippen LogP contribution in [0.5, 0.6) is 5.75 Å². The molecule has 0 bridgehead atoms. The summed E-state index contributed by atoms with van der Waals surface area (Å²) >= 11 is 0. The quantitative estimate of drug-likeness (QED) is 0.573. The highest BCUT2D eigenvalue weighted by atomic mass is 16.5. The highest BCUT2D eigenvalue weighted by molar-refractivity contribution is 5.74. The van der Waals surface area contributed by atoms with Crippen molar-refractivity contribution >= 4 is 5.97 Å². The smallest absolute Gasteiger partial charge is 0.313 e. The van der Waals surface area contributed by atoms with Gasteiger partial charge >= 0.3 is 5.97 Å². The van der Waals surface area contributed by atoms with Crippen molar-refractivity contribution in [3.8, 4) is 5.75 Å². The SMILES string of the molecule is Cc1ccc(C(C)C)cc1OC(=O)C(C)C. The Morgan fingerprint density at radius 2 is 1.81 bits per heavy atom. The summed E-state index contributed by atoms with van der Waals surface area (Å²) in [5, 5.41) is 0. The van der Waals surface area contributed by atoms with Crippen molar-refractivity contribution in [1.82, 2.24) is 0 Å². The zero-order chi connectivity index (χ0) is 12.3. The summed E-state index contributed by atoms with van der Waals surface area (Å²) < 4.78 is 5.36. The van der Waals surface area contributed by atoms with Crippen molar-refractivity contribution in [2.45, 2.75) is 40.5 Å². The predicted molar refractivity (Wildman–Crippen MR) is 65.7 cm³/mol. The lowest BCUT2D eigenvalue weighted by molar-refractivity contribution is -0.137. The van der Waals surface area contributed by atoms with Crippen molar-refractivity contribution in [3.63, 3.8) is 0 Å². The Labute approximate surface area is 97.6 Å². The molecule has 1 aromatic rings. The van der Waals surface area contributed by atoms with Crippen LogP contribution in [0.1, 0.15) is 44.7 Å². The molecule has 16 heavy (non-hydrogen) atoms. The minimum absolute atomic E-state index is 0.0953. The van der Waals surface area contributed by atoms with Gasteiger partial charge in [0.2, 0.25) is 0 Å². The third-order valence-corrected chi connectivity index (χ3v) is 2.56. The van der Waals surface area contributed by atoms with E-state index in [1.807, 2.05) is 32.9 Å². The minimum atomic E-state index is -0.177. The average molecular weight is 220 g/mol. The molecule has 0 N–H and O–H groups in total. The van der Waals surface area contributed by atoms with Gasteiger partial charge in [0.25, 0.3) is 0 Å². The molecule has 0 radical (unpaired) electrons. The summed E-state index contributed by atoms with van der Waals surface area (Å²) in [5.41, 5.74) is 2.19. The molecule has 0 fully saturated rings. The van der Waals surface area contributed by atoms with Gasteiger partial charge in [-0.15, -0.1) is 0 Å². The Hall–Kier alpha value is -1.31. The molecule has 0 amide bonds. The molecular weight excluding hydrogens is 200 g/mol. The van der Waals surface area contributed by atoms with Crippen molar-refractivity contribution < 1.29 is 9.53 Å². The minimum Gasteiger partial charge on any atom is -0.426 e. The topological polar surface area (TPSA) is 26.3 Å². The van der Waals surface area contributed by atoms with Gasteiger partial charge in [0.15, 0.2) is 0 Å². The molecule has 2 heteroatoms. The van der Waals surface area contributed by atoms with Crippen molar-refractivity contribution in [2.75, 3.05) is 0 Å². The summed E-state index contributed by atoms with van der Waals surface area (Å²) in [6, 6.07) is 6.03. The number of aryl methyl sites for hydroxylation is 1. The fourth-order valence-corrected chi connectivity index (χ4v) is 1.31. The standard InChI is InChI=1S/C14H20O2/c1-9(2)12-7-6-11(5)13(8-12)16-14(15)10(3)4/h6-10H,1-5H3. The van der Waals surface area contributed by atoms with Gasteiger partial charge in [-0.25, -0.2) is 0 Å². The van der Waals surface area contributed by atoms with Crippen LogP contribution in [-0.2, 0) is 4.79 Å². The lowest BCUT2D eigenvalue weighted by Gasteiger charge is -2.12. The van der Waals surface area contributed by atoms with Gasteiger partial charge in [0.1, 0.15) is 5.75 Å². The molecule has 1 rings (SSSR count). The molecule has 0 saturated carbocycles. The van der Waals surface area contributed by atoms with Crippen LogP contribution in [0.25, 0.3) is 0 Å². The van der Waals surface area contributed by atoms with Gasteiger partial charge < -0.3 is 4.74 Å². The van der Waals surface area contributed by atoms with E-state index in [0.717, 1.165) is 5.56 Å². The maximum atomic E-state index is 11.5. The van der Waals surface area contributed by atoms with E-state index in [4.69, 9.17) is 4.74 Å². The van der Waals surface area contributed by atoms with Crippen molar-refractivity contribution in [3.05, 3.63) is 29.3 Å². The van der Waals surface area contributed by atoms with Crippen LogP contribution in [-0.4, -0.2) is 5.97 Å². The molecule has 0 unspecified atom stereocenters. The van der Waals surface area contributed by atoms with Gasteiger partial charge in [-0.3, -0.25) is 4.79 Å². The Balaban J connectivity index is 2.94. The van der Waals surface area contributed by atoms with Crippen LogP contribution in [0.15, 0.2) is 18.2 Å². The van der Waals surface area contributed by atoms with Crippen molar-refractivity contribution in [1.29, 1.82) is 0 Å². The molecule has 0 heterocycles. The first-order chi connectivity index (χ1) is 7.41. The maximum absolute atomic E-state index is 11.5. The highest BCUT2D eigenvalue weighted by Crippen LogP contribution is 2.24. The number of benzene rings is 1. The fraction of sp³-hybridized carbons (Fsp3) is 0.500. The van der Waals surface area contributed by atoms with E-state index in [1.165, 1.54) is 5.56 Å². The molecule has 88 valence electrons. The van der Waals surface area contributed by atoms with Crippen LogP contribution in [0.2, 0.25) is 0 Å². The predicted octanol–water partition coefficient (Wildman–Crippen LogP) is 3.68. The number of ether oxygens (including phenoxy) is 1. The third kappa shape index (κ3) is 3.09. The molecule has 0 spiro atoms. The number of carbonyl (C=O) groups excluding carboxylic acids is 1. The van der Waals surface area contributed by atoms with E-state index in [1.54, 1.807) is 0 Å². The Morgan fingerprint density at radius 1 is 1.19 bits per heavy atom. The lowest BCUT2D eigenvalue weighted by Crippen LogP contribution is -2.15. The second-order valence-corrected chi connectivity index (χ2v) is 4.76. The second kappa shape index (κ2) is 5.15. The average Bonchev–Trinajstić information content (AvgIpc) is 2.20. The molecule has 0 aliphatic heterocycles. The number of carbonyl (C=O) groups is 1. The van der Waals surface area contributed by atoms with E-state index in [0.29, 0.717) is 11.7 Å². The van der Waals surface area contributed by atoms with E-state index in [9.17, 15) is 4.79 Å². The maximum Gasteiger partial charge on any atom is 0.313 e. The van der Waals surface area contributed by atoms with Crippen LogP contribution in [0, 0.1) is 12.8 Å². The van der Waals surface area contributed by atoms with Gasteiger partial charge in [-0.1, -0.05) is 39.8 Å². The summed E-state index contributed by atoms with van der Waals surface area (Å²) in [5.74, 6) is 0.855. The van der Waals surface area contributed by atoms with Gasteiger partial charge in [-0.05, 0) is 30.0 Å². The van der Waals surface area contributed by atoms with E-state index < -0.39 is 0 Å². The number of esters is 1. The van der Waals surface area contributed by atoms with Gasteiger partial charge in [0, 0.05) is 0 Å². The Morgan fingerprint density at radius 3 is 2.31 bits per heavy atom. The Bertz CT molecular complexity index is 378. The number of hydrogen-bond donors (Lipinski definition) is 0. The van der Waals surface area contributed by atoms with E-state index in [-0.39, 0.29) is 11.9 Å². The van der Waals surface area contributed by atoms with Crippen LogP contribution < -0.4 is 4.74 Å². The normalized spacial score (nSPS) is 10.9. The molecule has 0 aliphatic carbocycles. The van der Waals surface area contributed by atoms with Crippen LogP contribution in [0.3, 0.4) is 0 Å². The van der Waals surface area contributed by atoms with Gasteiger partial charge in [0.05, 0.1) is 5.92 Å². The highest BCUT2D eigenvalue weighted by Gasteiger charge is 2.12. The summed E-state index contributed by atoms with van der Waals surface area (Å²) in [6.07, 6.45) is 0.